The number of hydrogen-bond donors (Lipinski definition) is 12. The molecule has 2 bridgehead atoms. The molecule has 1 unspecified atom stereocenters. The molecular formula is C45H57N15O9. The fourth-order valence-electron chi connectivity index (χ4n) is 8.00. The minimum atomic E-state index is -1.44. The number of hydrogen-bond acceptors (Lipinski definition) is 11. The van der Waals surface area contributed by atoms with Gasteiger partial charge in [0.05, 0.1) is 6.33 Å². The zero-order valence-electron chi connectivity index (χ0n) is 37.8. The summed E-state index contributed by atoms with van der Waals surface area (Å²) in [7, 11) is 0. The Labute approximate surface area is 395 Å². The number of nitrogens with zero attached hydrogens (tertiary/aromatic N) is 3. The highest BCUT2D eigenvalue weighted by Crippen LogP contribution is 2.20. The summed E-state index contributed by atoms with van der Waals surface area (Å²) in [6.45, 7) is 1.20. The van der Waals surface area contributed by atoms with Crippen molar-refractivity contribution in [1.82, 2.24) is 57.1 Å². The van der Waals surface area contributed by atoms with Crippen molar-refractivity contribution in [2.45, 2.75) is 101 Å². The molecule has 24 nitrogen and oxygen atoms in total. The molecule has 15 N–H and O–H groups in total. The molecule has 0 aliphatic carbocycles. The van der Waals surface area contributed by atoms with Gasteiger partial charge >= 0.3 is 6.03 Å². The van der Waals surface area contributed by atoms with Crippen molar-refractivity contribution >= 4 is 70.2 Å². The van der Waals surface area contributed by atoms with Crippen LogP contribution in [0.25, 0.3) is 10.9 Å². The van der Waals surface area contributed by atoms with Crippen molar-refractivity contribution in [2.24, 2.45) is 22.2 Å². The Bertz CT molecular complexity index is 2540. The second kappa shape index (κ2) is 23.4. The van der Waals surface area contributed by atoms with Crippen LogP contribution in [0, 0.1) is 0 Å². The number of carbonyl (C=O) groups is 9. The van der Waals surface area contributed by atoms with Crippen molar-refractivity contribution in [3.05, 3.63) is 90.1 Å². The molecule has 0 radical (unpaired) electrons. The van der Waals surface area contributed by atoms with Crippen molar-refractivity contribution in [1.29, 1.82) is 0 Å². The first kappa shape index (κ1) is 50.1. The van der Waals surface area contributed by atoms with Crippen LogP contribution < -0.4 is 54.4 Å². The molecule has 10 amide bonds. The van der Waals surface area contributed by atoms with Gasteiger partial charge in [-0.1, -0.05) is 48.5 Å². The Hall–Kier alpha value is -8.31. The van der Waals surface area contributed by atoms with Gasteiger partial charge < -0.3 is 64.4 Å². The first-order valence-corrected chi connectivity index (χ1v) is 22.4. The highest BCUT2D eigenvalue weighted by molar-refractivity contribution is 6.08. The number of primary amides is 1. The van der Waals surface area contributed by atoms with E-state index in [1.807, 2.05) is 18.2 Å². The number of carbonyl (C=O) groups excluding carboxylic acids is 9. The number of benzene rings is 2. The van der Waals surface area contributed by atoms with Gasteiger partial charge in [-0.05, 0) is 49.8 Å². The molecule has 0 spiro atoms. The summed E-state index contributed by atoms with van der Waals surface area (Å²) in [4.78, 5) is 139. The second-order valence-electron chi connectivity index (χ2n) is 16.8. The lowest BCUT2D eigenvalue weighted by atomic mass is 10.0. The number of aromatic amines is 2. The van der Waals surface area contributed by atoms with E-state index in [2.05, 4.69) is 57.2 Å². The van der Waals surface area contributed by atoms with Crippen LogP contribution in [0.2, 0.25) is 0 Å². The standard InChI is InChI=1S/C45H57N15O9/c1-24-38(63)56-35(20-27-22-49-23-53-27)42(67)57-33(18-25-8-3-2-4-9-25)40(65)55-31(12-7-16-51-44(47)48)39(64)58-34(19-26-21-52-29-11-6-5-10-28(26)29)41(66)54-30(37(46)62)15-17-50-36(61)14-13-32-43(68)60(24)45(69)59-32/h2-6,8-11,21-24,30-35,52H,7,12-20H2,1H3,(H2,46,62)(H,49,53)(H,50,61)(H,54,66)(H,55,65)(H,56,63)(H,57,67)(H,58,64)(H,59,69)(H4,47,48,51)/t24-,30?,31+,32+,33-,34+,35+/m1/s1. The van der Waals surface area contributed by atoms with Crippen LogP contribution in [0.4, 0.5) is 4.79 Å². The number of imide groups is 1. The number of aliphatic imine (C=N–C) groups is 1. The average molecular weight is 952 g/mol. The summed E-state index contributed by atoms with van der Waals surface area (Å²) in [5, 5.41) is 19.3. The Morgan fingerprint density at radius 3 is 2.06 bits per heavy atom. The molecule has 7 atom stereocenters. The van der Waals surface area contributed by atoms with E-state index in [1.54, 1.807) is 42.6 Å². The zero-order chi connectivity index (χ0) is 49.6. The number of imidazole rings is 1. The predicted molar refractivity (Wildman–Crippen MR) is 249 cm³/mol. The van der Waals surface area contributed by atoms with Gasteiger partial charge in [0.2, 0.25) is 41.4 Å². The molecule has 2 aromatic carbocycles. The van der Waals surface area contributed by atoms with E-state index in [0.29, 0.717) is 21.7 Å². The van der Waals surface area contributed by atoms with E-state index >= 15 is 0 Å². The van der Waals surface area contributed by atoms with Gasteiger partial charge in [-0.25, -0.2) is 9.78 Å². The van der Waals surface area contributed by atoms with Gasteiger partial charge in [0.25, 0.3) is 5.91 Å². The maximum absolute atomic E-state index is 14.6. The molecule has 6 rings (SSSR count). The minimum absolute atomic E-state index is 0.0565. The fourth-order valence-corrected chi connectivity index (χ4v) is 8.00. The molecule has 366 valence electrons. The third-order valence-corrected chi connectivity index (χ3v) is 11.7. The predicted octanol–water partition coefficient (Wildman–Crippen LogP) is -2.51. The summed E-state index contributed by atoms with van der Waals surface area (Å²) in [6, 6.07) is 5.57. The van der Waals surface area contributed by atoms with Gasteiger partial charge in [0.15, 0.2) is 5.96 Å². The van der Waals surface area contributed by atoms with Gasteiger partial charge in [-0.15, -0.1) is 0 Å². The van der Waals surface area contributed by atoms with Crippen LogP contribution in [0.1, 0.15) is 55.8 Å². The van der Waals surface area contributed by atoms with E-state index in [0.717, 1.165) is 10.9 Å². The SMILES string of the molecule is C[C@@H]1C(=O)N[C@@H](Cc2cnc[nH]2)C(=O)N[C@H](Cc2ccccc2)C(=O)N[C@@H](CCCN=C(N)N)C(=O)N[C@@H](Cc2c[nH]c3ccccc23)C(=O)NC(C(N)=O)CCNC(=O)CC[C@@H]2NC(=O)N1C2=O. The van der Waals surface area contributed by atoms with Crippen molar-refractivity contribution in [2.75, 3.05) is 13.1 Å². The summed E-state index contributed by atoms with van der Waals surface area (Å²) in [5.41, 5.74) is 19.2. The number of fused-ring (bicyclic) bond motifs is 3. The van der Waals surface area contributed by atoms with Gasteiger partial charge in [0, 0.05) is 67.8 Å². The molecule has 4 heterocycles. The molecule has 2 aliphatic heterocycles. The Kier molecular flexibility index (Phi) is 17.0. The first-order valence-electron chi connectivity index (χ1n) is 22.4. The Morgan fingerprint density at radius 2 is 1.36 bits per heavy atom. The third-order valence-electron chi connectivity index (χ3n) is 11.7. The fraction of sp³-hybridized carbons (Fsp3) is 0.400. The van der Waals surface area contributed by atoms with Crippen molar-refractivity contribution < 1.29 is 43.2 Å². The number of para-hydroxylation sites is 1. The second-order valence-corrected chi connectivity index (χ2v) is 16.8. The van der Waals surface area contributed by atoms with Crippen LogP contribution in [-0.4, -0.2) is 134 Å². The van der Waals surface area contributed by atoms with Gasteiger partial charge in [0.1, 0.15) is 42.3 Å². The highest BCUT2D eigenvalue weighted by Gasteiger charge is 2.44. The molecule has 2 aliphatic rings. The summed E-state index contributed by atoms with van der Waals surface area (Å²) in [5.74, 6) is -6.67. The number of guanidine groups is 1. The monoisotopic (exact) mass is 951 g/mol. The smallest absolute Gasteiger partial charge is 0.325 e. The molecule has 2 saturated heterocycles. The lowest BCUT2D eigenvalue weighted by molar-refractivity contribution is -0.137. The Morgan fingerprint density at radius 1 is 0.725 bits per heavy atom. The van der Waals surface area contributed by atoms with Crippen LogP contribution in [0.15, 0.2) is 78.3 Å². The lowest BCUT2D eigenvalue weighted by Crippen LogP contribution is -2.60. The maximum atomic E-state index is 14.6. The normalized spacial score (nSPS) is 23.8. The quantitative estimate of drug-likeness (QED) is 0.0321. The van der Waals surface area contributed by atoms with E-state index < -0.39 is 95.6 Å². The van der Waals surface area contributed by atoms with E-state index in [-0.39, 0.29) is 70.4 Å². The zero-order valence-corrected chi connectivity index (χ0v) is 37.8. The minimum Gasteiger partial charge on any atom is -0.370 e. The number of aromatic nitrogens is 3. The van der Waals surface area contributed by atoms with Gasteiger partial charge in [-0.2, -0.15) is 0 Å². The molecule has 4 aromatic rings. The number of nitrogens with two attached hydrogens (primary N) is 3. The van der Waals surface area contributed by atoms with Gasteiger partial charge in [-0.3, -0.25) is 48.2 Å². The summed E-state index contributed by atoms with van der Waals surface area (Å²) < 4.78 is 0. The number of nitrogens with one attached hydrogen (secondary N) is 9. The number of amides is 10. The lowest BCUT2D eigenvalue weighted by Gasteiger charge is -2.28. The van der Waals surface area contributed by atoms with E-state index in [4.69, 9.17) is 17.2 Å². The van der Waals surface area contributed by atoms with Crippen molar-refractivity contribution in [3.63, 3.8) is 0 Å². The van der Waals surface area contributed by atoms with Crippen LogP contribution >= 0.6 is 0 Å². The number of H-pyrrole nitrogens is 2. The average Bonchev–Trinajstić information content (AvgIpc) is 4.06. The highest BCUT2D eigenvalue weighted by atomic mass is 16.2. The van der Waals surface area contributed by atoms with Crippen molar-refractivity contribution in [3.8, 4) is 0 Å². The molecule has 24 heteroatoms. The third kappa shape index (κ3) is 13.6. The Balaban J connectivity index is 1.36. The first-order chi connectivity index (χ1) is 33.1. The molecular weight excluding hydrogens is 895 g/mol. The van der Waals surface area contributed by atoms with E-state index in [9.17, 15) is 43.2 Å². The maximum Gasteiger partial charge on any atom is 0.325 e. The summed E-state index contributed by atoms with van der Waals surface area (Å²) in [6.07, 6.45) is 3.62. The number of urea groups is 1. The van der Waals surface area contributed by atoms with Crippen LogP contribution in [-0.2, 0) is 57.6 Å². The molecule has 69 heavy (non-hydrogen) atoms. The molecule has 0 saturated carbocycles. The van der Waals surface area contributed by atoms with Crippen LogP contribution in [0.3, 0.4) is 0 Å². The summed E-state index contributed by atoms with van der Waals surface area (Å²) >= 11 is 0. The molecule has 2 fully saturated rings. The van der Waals surface area contributed by atoms with Crippen LogP contribution in [0.5, 0.6) is 0 Å². The largest absolute Gasteiger partial charge is 0.370 e. The number of rotatable bonds is 11. The molecule has 2 aromatic heterocycles. The topological polar surface area (TPSA) is 376 Å². The van der Waals surface area contributed by atoms with E-state index in [1.165, 1.54) is 19.4 Å².